The van der Waals surface area contributed by atoms with Crippen molar-refractivity contribution in [3.63, 3.8) is 0 Å². The minimum atomic E-state index is -0.592. The summed E-state index contributed by atoms with van der Waals surface area (Å²) in [5.41, 5.74) is 1.44. The number of benzene rings is 2. The van der Waals surface area contributed by atoms with Gasteiger partial charge in [-0.15, -0.1) is 0 Å². The highest BCUT2D eigenvalue weighted by Gasteiger charge is 2.15. The second-order valence-corrected chi connectivity index (χ2v) is 5.55. The minimum absolute atomic E-state index is 0.122. The molecular weight excluding hydrogens is 333 g/mol. The molecule has 0 bridgehead atoms. The van der Waals surface area contributed by atoms with E-state index in [1.807, 2.05) is 0 Å². The van der Waals surface area contributed by atoms with Gasteiger partial charge in [-0.1, -0.05) is 17.7 Å². The van der Waals surface area contributed by atoms with Gasteiger partial charge in [-0.3, -0.25) is 9.59 Å². The van der Waals surface area contributed by atoms with E-state index in [2.05, 4.69) is 16.0 Å². The molecule has 0 heterocycles. The molecule has 0 aliphatic heterocycles. The van der Waals surface area contributed by atoms with Gasteiger partial charge < -0.3 is 16.0 Å². The lowest BCUT2D eigenvalue weighted by atomic mass is 10.1. The van der Waals surface area contributed by atoms with E-state index in [1.165, 1.54) is 12.1 Å². The molecule has 1 atom stereocenters. The van der Waals surface area contributed by atoms with Crippen molar-refractivity contribution in [1.82, 2.24) is 5.32 Å². The van der Waals surface area contributed by atoms with Crippen LogP contribution in [0, 0.1) is 5.82 Å². The number of halogens is 2. The Morgan fingerprint density at radius 3 is 2.58 bits per heavy atom. The molecule has 0 aliphatic rings. The number of rotatable bonds is 5. The predicted molar refractivity (Wildman–Crippen MR) is 93.0 cm³/mol. The molecule has 24 heavy (non-hydrogen) atoms. The van der Waals surface area contributed by atoms with Crippen LogP contribution in [0.15, 0.2) is 42.5 Å². The second-order valence-electron chi connectivity index (χ2n) is 5.14. The molecule has 7 heteroatoms. The SMILES string of the molecule is CNC(=O)c1cccc(N[C@@H](C)C(=O)Nc2ccc(F)cc2Cl)c1. The van der Waals surface area contributed by atoms with Gasteiger partial charge in [0.05, 0.1) is 10.7 Å². The van der Waals surface area contributed by atoms with Gasteiger partial charge in [0, 0.05) is 18.3 Å². The van der Waals surface area contributed by atoms with Gasteiger partial charge in [-0.05, 0) is 43.3 Å². The van der Waals surface area contributed by atoms with Crippen molar-refractivity contribution < 1.29 is 14.0 Å². The molecule has 0 saturated heterocycles. The Morgan fingerprint density at radius 1 is 1.17 bits per heavy atom. The van der Waals surface area contributed by atoms with Crippen molar-refractivity contribution in [3.05, 3.63) is 58.9 Å². The number of hydrogen-bond acceptors (Lipinski definition) is 3. The van der Waals surface area contributed by atoms with Crippen LogP contribution in [0.4, 0.5) is 15.8 Å². The Labute approximate surface area is 144 Å². The summed E-state index contributed by atoms with van der Waals surface area (Å²) in [7, 11) is 1.55. The molecule has 5 nitrogen and oxygen atoms in total. The van der Waals surface area contributed by atoms with Crippen LogP contribution in [0.1, 0.15) is 17.3 Å². The summed E-state index contributed by atoms with van der Waals surface area (Å²) in [5, 5.41) is 8.29. The molecule has 2 amide bonds. The van der Waals surface area contributed by atoms with Gasteiger partial charge in [0.1, 0.15) is 11.9 Å². The molecule has 2 aromatic rings. The zero-order chi connectivity index (χ0) is 17.7. The van der Waals surface area contributed by atoms with Crippen LogP contribution < -0.4 is 16.0 Å². The minimum Gasteiger partial charge on any atom is -0.374 e. The number of carbonyl (C=O) groups is 2. The van der Waals surface area contributed by atoms with Crippen LogP contribution in [0.25, 0.3) is 0 Å². The van der Waals surface area contributed by atoms with Crippen LogP contribution in [-0.2, 0) is 4.79 Å². The van der Waals surface area contributed by atoms with Crippen molar-refractivity contribution >= 4 is 34.8 Å². The van der Waals surface area contributed by atoms with Crippen molar-refractivity contribution in [2.45, 2.75) is 13.0 Å². The second kappa shape index (κ2) is 7.79. The first-order valence-corrected chi connectivity index (χ1v) is 7.63. The number of carbonyl (C=O) groups excluding carboxylic acids is 2. The highest BCUT2D eigenvalue weighted by atomic mass is 35.5. The van der Waals surface area contributed by atoms with Gasteiger partial charge >= 0.3 is 0 Å². The standard InChI is InChI=1S/C17H17ClFN3O2/c1-10(16(23)22-15-7-6-12(19)9-14(15)18)21-13-5-3-4-11(8-13)17(24)20-2/h3-10,21H,1-2H3,(H,20,24)(H,22,23)/t10-/m0/s1. The lowest BCUT2D eigenvalue weighted by Gasteiger charge is -2.16. The number of amides is 2. The fraction of sp³-hybridized carbons (Fsp3) is 0.176. The number of hydrogen-bond donors (Lipinski definition) is 3. The molecule has 0 aromatic heterocycles. The van der Waals surface area contributed by atoms with Crippen molar-refractivity contribution in [2.24, 2.45) is 0 Å². The summed E-state index contributed by atoms with van der Waals surface area (Å²) in [5.74, 6) is -1.03. The Morgan fingerprint density at radius 2 is 1.92 bits per heavy atom. The first-order chi connectivity index (χ1) is 11.4. The smallest absolute Gasteiger partial charge is 0.251 e. The van der Waals surface area contributed by atoms with Crippen LogP contribution in [0.2, 0.25) is 5.02 Å². The molecule has 0 aliphatic carbocycles. The third-order valence-corrected chi connectivity index (χ3v) is 3.63. The molecule has 126 valence electrons. The fourth-order valence-electron chi connectivity index (χ4n) is 2.04. The molecule has 0 radical (unpaired) electrons. The fourth-order valence-corrected chi connectivity index (χ4v) is 2.26. The Balaban J connectivity index is 2.05. The predicted octanol–water partition coefficient (Wildman–Crippen LogP) is 3.28. The third-order valence-electron chi connectivity index (χ3n) is 3.32. The van der Waals surface area contributed by atoms with Crippen LogP contribution in [0.5, 0.6) is 0 Å². The summed E-state index contributed by atoms with van der Waals surface area (Å²) in [6.07, 6.45) is 0. The highest BCUT2D eigenvalue weighted by molar-refractivity contribution is 6.33. The summed E-state index contributed by atoms with van der Waals surface area (Å²) >= 11 is 5.89. The quantitative estimate of drug-likeness (QED) is 0.775. The first-order valence-electron chi connectivity index (χ1n) is 7.25. The molecule has 0 saturated carbocycles. The number of anilines is 2. The van der Waals surface area contributed by atoms with E-state index in [0.717, 1.165) is 6.07 Å². The summed E-state index contributed by atoms with van der Waals surface area (Å²) in [6, 6.07) is 9.94. The summed E-state index contributed by atoms with van der Waals surface area (Å²) in [4.78, 5) is 23.9. The molecule has 0 fully saturated rings. The Bertz CT molecular complexity index is 767. The lowest BCUT2D eigenvalue weighted by Crippen LogP contribution is -2.32. The molecule has 2 rings (SSSR count). The van der Waals surface area contributed by atoms with Crippen LogP contribution >= 0.6 is 11.6 Å². The largest absolute Gasteiger partial charge is 0.374 e. The Kier molecular flexibility index (Phi) is 5.76. The van der Waals surface area contributed by atoms with E-state index in [1.54, 1.807) is 38.2 Å². The van der Waals surface area contributed by atoms with E-state index in [0.29, 0.717) is 16.9 Å². The average Bonchev–Trinajstić information content (AvgIpc) is 2.56. The van der Waals surface area contributed by atoms with Crippen molar-refractivity contribution in [1.29, 1.82) is 0 Å². The van der Waals surface area contributed by atoms with Gasteiger partial charge in [-0.25, -0.2) is 4.39 Å². The first kappa shape index (κ1) is 17.7. The van der Waals surface area contributed by atoms with Gasteiger partial charge in [0.2, 0.25) is 5.91 Å². The maximum Gasteiger partial charge on any atom is 0.251 e. The maximum atomic E-state index is 13.0. The van der Waals surface area contributed by atoms with Gasteiger partial charge in [0.15, 0.2) is 0 Å². The molecular formula is C17H17ClFN3O2. The topological polar surface area (TPSA) is 70.2 Å². The van der Waals surface area contributed by atoms with E-state index in [-0.39, 0.29) is 16.8 Å². The number of nitrogens with one attached hydrogen (secondary N) is 3. The molecule has 3 N–H and O–H groups in total. The molecule has 0 unspecified atom stereocenters. The van der Waals surface area contributed by atoms with Gasteiger partial charge in [0.25, 0.3) is 5.91 Å². The van der Waals surface area contributed by atoms with E-state index in [4.69, 9.17) is 11.6 Å². The van der Waals surface area contributed by atoms with Crippen LogP contribution in [0.3, 0.4) is 0 Å². The van der Waals surface area contributed by atoms with E-state index < -0.39 is 11.9 Å². The van der Waals surface area contributed by atoms with Crippen molar-refractivity contribution in [2.75, 3.05) is 17.7 Å². The third kappa shape index (κ3) is 4.45. The lowest BCUT2D eigenvalue weighted by molar-refractivity contribution is -0.116. The zero-order valence-electron chi connectivity index (χ0n) is 13.2. The average molecular weight is 350 g/mol. The monoisotopic (exact) mass is 349 g/mol. The zero-order valence-corrected chi connectivity index (χ0v) is 13.9. The summed E-state index contributed by atoms with van der Waals surface area (Å²) in [6.45, 7) is 1.67. The van der Waals surface area contributed by atoms with Gasteiger partial charge in [-0.2, -0.15) is 0 Å². The highest BCUT2D eigenvalue weighted by Crippen LogP contribution is 2.22. The molecule has 0 spiro atoms. The normalized spacial score (nSPS) is 11.5. The van der Waals surface area contributed by atoms with E-state index >= 15 is 0 Å². The summed E-state index contributed by atoms with van der Waals surface area (Å²) < 4.78 is 13.0. The van der Waals surface area contributed by atoms with Crippen LogP contribution in [-0.4, -0.2) is 24.9 Å². The maximum absolute atomic E-state index is 13.0. The van der Waals surface area contributed by atoms with E-state index in [9.17, 15) is 14.0 Å². The van der Waals surface area contributed by atoms with Crippen molar-refractivity contribution in [3.8, 4) is 0 Å². The Hall–Kier alpha value is -2.60. The molecule has 2 aromatic carbocycles.